The van der Waals surface area contributed by atoms with E-state index in [2.05, 4.69) is 35.7 Å². The number of para-hydroxylation sites is 1. The molecule has 0 saturated carbocycles. The van der Waals surface area contributed by atoms with Crippen LogP contribution in [0.2, 0.25) is 0 Å². The largest absolute Gasteiger partial charge is 0.481 e. The Hall–Kier alpha value is -1.14. The van der Waals surface area contributed by atoms with E-state index in [4.69, 9.17) is 5.11 Å². The van der Waals surface area contributed by atoms with Crippen molar-refractivity contribution >= 4 is 40.5 Å². The maximum Gasteiger partial charge on any atom is 0.313 e. The fraction of sp³-hybridized carbons (Fsp3) is 0.467. The first-order chi connectivity index (χ1) is 10.0. The van der Waals surface area contributed by atoms with E-state index in [0.717, 1.165) is 28.4 Å². The fourth-order valence-electron chi connectivity index (χ4n) is 2.35. The number of fused-ring (bicyclic) bond motifs is 1. The first kappa shape index (κ1) is 16.2. The zero-order chi connectivity index (χ0) is 15.4. The molecule has 1 unspecified atom stereocenters. The van der Waals surface area contributed by atoms with E-state index in [0.29, 0.717) is 6.04 Å². The summed E-state index contributed by atoms with van der Waals surface area (Å²) in [5.41, 5.74) is 3.25. The number of hydrogen-bond donors (Lipinski definition) is 1. The SMILES string of the molecule is CSCCC(C)n1c(SCC(=O)O)nc2cccc(C)c21. The minimum absolute atomic E-state index is 0.0393. The molecule has 0 radical (unpaired) electrons. The van der Waals surface area contributed by atoms with Crippen molar-refractivity contribution in [2.45, 2.75) is 31.5 Å². The molecular formula is C15H20N2O2S2. The van der Waals surface area contributed by atoms with Crippen molar-refractivity contribution in [1.29, 1.82) is 0 Å². The minimum atomic E-state index is -0.813. The second-order valence-corrected chi connectivity index (χ2v) is 6.95. The van der Waals surface area contributed by atoms with Crippen molar-refractivity contribution in [1.82, 2.24) is 9.55 Å². The minimum Gasteiger partial charge on any atom is -0.481 e. The first-order valence-electron chi connectivity index (χ1n) is 6.85. The van der Waals surface area contributed by atoms with Crippen LogP contribution in [-0.2, 0) is 4.79 Å². The molecule has 0 aliphatic heterocycles. The number of rotatable bonds is 7. The molecule has 1 N–H and O–H groups in total. The van der Waals surface area contributed by atoms with Gasteiger partial charge in [-0.3, -0.25) is 4.79 Å². The Balaban J connectivity index is 2.45. The van der Waals surface area contributed by atoms with E-state index in [1.807, 2.05) is 23.9 Å². The standard InChI is InChI=1S/C15H20N2O2S2/c1-10-5-4-6-12-14(10)17(11(2)7-8-20-3)15(16-12)21-9-13(18)19/h4-6,11H,7-9H2,1-3H3,(H,18,19). The molecule has 114 valence electrons. The van der Waals surface area contributed by atoms with Crippen LogP contribution in [0.25, 0.3) is 11.0 Å². The number of aromatic nitrogens is 2. The predicted molar refractivity (Wildman–Crippen MR) is 90.5 cm³/mol. The summed E-state index contributed by atoms with van der Waals surface area (Å²) in [6.07, 6.45) is 3.14. The van der Waals surface area contributed by atoms with Gasteiger partial charge in [0, 0.05) is 6.04 Å². The number of nitrogens with zero attached hydrogens (tertiary/aromatic N) is 2. The van der Waals surface area contributed by atoms with Gasteiger partial charge in [-0.1, -0.05) is 23.9 Å². The van der Waals surface area contributed by atoms with Gasteiger partial charge in [-0.25, -0.2) is 4.98 Å². The summed E-state index contributed by atoms with van der Waals surface area (Å²) in [6, 6.07) is 6.37. The summed E-state index contributed by atoms with van der Waals surface area (Å²) in [4.78, 5) is 15.5. The van der Waals surface area contributed by atoms with Crippen LogP contribution in [0.5, 0.6) is 0 Å². The molecule has 0 aliphatic rings. The molecule has 2 rings (SSSR count). The van der Waals surface area contributed by atoms with E-state index in [9.17, 15) is 4.79 Å². The molecule has 0 aliphatic carbocycles. The summed E-state index contributed by atoms with van der Waals surface area (Å²) >= 11 is 3.12. The van der Waals surface area contributed by atoms with Gasteiger partial charge < -0.3 is 9.67 Å². The number of hydrogen-bond acceptors (Lipinski definition) is 4. The Kier molecular flexibility index (Phi) is 5.58. The zero-order valence-electron chi connectivity index (χ0n) is 12.5. The molecule has 1 heterocycles. The van der Waals surface area contributed by atoms with Crippen molar-refractivity contribution in [2.24, 2.45) is 0 Å². The third kappa shape index (κ3) is 3.74. The topological polar surface area (TPSA) is 55.1 Å². The summed E-state index contributed by atoms with van der Waals surface area (Å²) in [7, 11) is 0. The number of carboxylic acids is 1. The normalized spacial score (nSPS) is 12.7. The van der Waals surface area contributed by atoms with Gasteiger partial charge in [0.25, 0.3) is 0 Å². The van der Waals surface area contributed by atoms with E-state index in [1.165, 1.54) is 17.3 Å². The quantitative estimate of drug-likeness (QED) is 0.784. The van der Waals surface area contributed by atoms with Crippen LogP contribution >= 0.6 is 23.5 Å². The predicted octanol–water partition coefficient (Wildman–Crippen LogP) is 3.84. The van der Waals surface area contributed by atoms with E-state index in [-0.39, 0.29) is 5.75 Å². The maximum atomic E-state index is 10.8. The van der Waals surface area contributed by atoms with Gasteiger partial charge in [0.2, 0.25) is 0 Å². The molecule has 1 atom stereocenters. The molecule has 0 spiro atoms. The van der Waals surface area contributed by atoms with Crippen molar-refractivity contribution in [3.63, 3.8) is 0 Å². The van der Waals surface area contributed by atoms with Crippen molar-refractivity contribution < 1.29 is 9.90 Å². The van der Waals surface area contributed by atoms with Crippen molar-refractivity contribution in [2.75, 3.05) is 17.8 Å². The van der Waals surface area contributed by atoms with Gasteiger partial charge in [0.15, 0.2) is 5.16 Å². The highest BCUT2D eigenvalue weighted by Crippen LogP contribution is 2.31. The number of imidazole rings is 1. The van der Waals surface area contributed by atoms with Crippen LogP contribution in [0, 0.1) is 6.92 Å². The fourth-order valence-corrected chi connectivity index (χ4v) is 3.76. The van der Waals surface area contributed by atoms with E-state index >= 15 is 0 Å². The monoisotopic (exact) mass is 324 g/mol. The van der Waals surface area contributed by atoms with E-state index in [1.54, 1.807) is 0 Å². The summed E-state index contributed by atoms with van der Waals surface area (Å²) < 4.78 is 2.20. The maximum absolute atomic E-state index is 10.8. The van der Waals surface area contributed by atoms with Crippen molar-refractivity contribution in [3.05, 3.63) is 23.8 Å². The van der Waals surface area contributed by atoms with Crippen LogP contribution in [0.15, 0.2) is 23.4 Å². The molecule has 0 bridgehead atoms. The highest BCUT2D eigenvalue weighted by atomic mass is 32.2. The molecule has 0 amide bonds. The number of aliphatic carboxylic acids is 1. The van der Waals surface area contributed by atoms with Crippen LogP contribution < -0.4 is 0 Å². The van der Waals surface area contributed by atoms with Gasteiger partial charge >= 0.3 is 5.97 Å². The Morgan fingerprint density at radius 2 is 2.24 bits per heavy atom. The number of benzene rings is 1. The summed E-state index contributed by atoms with van der Waals surface area (Å²) in [5, 5.41) is 9.72. The molecule has 1 aromatic heterocycles. The average molecular weight is 324 g/mol. The Morgan fingerprint density at radius 1 is 1.48 bits per heavy atom. The number of aryl methyl sites for hydroxylation is 1. The Bertz CT molecular complexity index is 640. The van der Waals surface area contributed by atoms with Crippen LogP contribution in [0.1, 0.15) is 24.9 Å². The van der Waals surface area contributed by atoms with Gasteiger partial charge in [-0.05, 0) is 43.9 Å². The van der Waals surface area contributed by atoms with Crippen molar-refractivity contribution in [3.8, 4) is 0 Å². The molecule has 2 aromatic rings. The van der Waals surface area contributed by atoms with Gasteiger partial charge in [0.1, 0.15) is 0 Å². The van der Waals surface area contributed by atoms with Crippen LogP contribution in [0.4, 0.5) is 0 Å². The zero-order valence-corrected chi connectivity index (χ0v) is 14.1. The van der Waals surface area contributed by atoms with Gasteiger partial charge in [-0.2, -0.15) is 11.8 Å². The lowest BCUT2D eigenvalue weighted by Gasteiger charge is -2.17. The average Bonchev–Trinajstić information content (AvgIpc) is 2.82. The first-order valence-corrected chi connectivity index (χ1v) is 9.23. The van der Waals surface area contributed by atoms with Crippen LogP contribution in [0.3, 0.4) is 0 Å². The molecule has 1 aromatic carbocycles. The third-order valence-corrected chi connectivity index (χ3v) is 4.97. The third-order valence-electron chi connectivity index (χ3n) is 3.38. The van der Waals surface area contributed by atoms with Gasteiger partial charge in [0.05, 0.1) is 16.8 Å². The summed E-state index contributed by atoms with van der Waals surface area (Å²) in [6.45, 7) is 4.25. The Labute approximate surface area is 133 Å². The smallest absolute Gasteiger partial charge is 0.313 e. The highest BCUT2D eigenvalue weighted by molar-refractivity contribution is 7.99. The van der Waals surface area contributed by atoms with E-state index < -0.39 is 5.97 Å². The molecule has 0 fully saturated rings. The summed E-state index contributed by atoms with van der Waals surface area (Å²) in [5.74, 6) is 0.306. The molecule has 4 nitrogen and oxygen atoms in total. The molecule has 0 saturated heterocycles. The molecular weight excluding hydrogens is 304 g/mol. The lowest BCUT2D eigenvalue weighted by Crippen LogP contribution is -2.09. The lowest BCUT2D eigenvalue weighted by atomic mass is 10.2. The highest BCUT2D eigenvalue weighted by Gasteiger charge is 2.18. The number of thioether (sulfide) groups is 2. The van der Waals surface area contributed by atoms with Crippen LogP contribution in [-0.4, -0.2) is 38.4 Å². The second-order valence-electron chi connectivity index (χ2n) is 5.02. The lowest BCUT2D eigenvalue weighted by molar-refractivity contribution is -0.133. The number of carbonyl (C=O) groups is 1. The Morgan fingerprint density at radius 3 is 2.90 bits per heavy atom. The second kappa shape index (κ2) is 7.22. The van der Waals surface area contributed by atoms with Gasteiger partial charge in [-0.15, -0.1) is 0 Å². The number of carboxylic acid groups (broad SMARTS) is 1. The molecule has 21 heavy (non-hydrogen) atoms. The molecule has 6 heteroatoms.